The summed E-state index contributed by atoms with van der Waals surface area (Å²) in [5.74, 6) is -0.438. The third-order valence-corrected chi connectivity index (χ3v) is 2.46. The largest absolute Gasteiger partial charge is 0.351 e. The van der Waals surface area contributed by atoms with Crippen LogP contribution in [0.2, 0.25) is 5.15 Å². The Hall–Kier alpha value is -1.62. The van der Waals surface area contributed by atoms with Crippen LogP contribution in [0.4, 0.5) is 0 Å². The van der Waals surface area contributed by atoms with Crippen molar-refractivity contribution in [2.75, 3.05) is 6.54 Å². The highest BCUT2D eigenvalue weighted by atomic mass is 35.5. The molecule has 0 aliphatic carbocycles. The van der Waals surface area contributed by atoms with Crippen molar-refractivity contribution in [1.29, 1.82) is 0 Å². The first-order chi connectivity index (χ1) is 8.79. The lowest BCUT2D eigenvalue weighted by molar-refractivity contribution is -0.122. The summed E-state index contributed by atoms with van der Waals surface area (Å²) in [6.07, 6.45) is 1.73. The molecule has 0 bridgehead atoms. The molecule has 1 aromatic rings. The molecule has 1 aromatic heterocycles. The van der Waals surface area contributed by atoms with Crippen LogP contribution in [0.3, 0.4) is 0 Å². The quantitative estimate of drug-likeness (QED) is 0.827. The van der Waals surface area contributed by atoms with Crippen LogP contribution in [0.15, 0.2) is 18.3 Å². The molecule has 1 heterocycles. The minimum absolute atomic E-state index is 0.106. The molecule has 0 spiro atoms. The van der Waals surface area contributed by atoms with Gasteiger partial charge in [0.15, 0.2) is 0 Å². The van der Waals surface area contributed by atoms with Crippen LogP contribution >= 0.6 is 11.6 Å². The van der Waals surface area contributed by atoms with Crippen LogP contribution in [-0.4, -0.2) is 28.9 Å². The Morgan fingerprint density at radius 3 is 2.63 bits per heavy atom. The van der Waals surface area contributed by atoms with Crippen molar-refractivity contribution in [3.05, 3.63) is 29.0 Å². The van der Waals surface area contributed by atoms with Gasteiger partial charge in [-0.1, -0.05) is 11.6 Å². The fourth-order valence-corrected chi connectivity index (χ4v) is 1.63. The van der Waals surface area contributed by atoms with Gasteiger partial charge in [0.2, 0.25) is 5.91 Å². The van der Waals surface area contributed by atoms with Gasteiger partial charge >= 0.3 is 0 Å². The molecule has 104 valence electrons. The maximum Gasteiger partial charge on any atom is 0.254 e. The number of halogens is 1. The highest BCUT2D eigenvalue weighted by Crippen LogP contribution is 2.10. The van der Waals surface area contributed by atoms with Gasteiger partial charge in [0, 0.05) is 24.7 Å². The highest BCUT2D eigenvalue weighted by Gasteiger charge is 2.14. The van der Waals surface area contributed by atoms with E-state index < -0.39 is 0 Å². The zero-order valence-corrected chi connectivity index (χ0v) is 12.0. The average molecular weight is 284 g/mol. The fraction of sp³-hybridized carbons (Fsp3) is 0.462. The van der Waals surface area contributed by atoms with Crippen LogP contribution in [0, 0.1) is 0 Å². The Kier molecular flexibility index (Phi) is 5.30. The Labute approximate surface area is 117 Å². The van der Waals surface area contributed by atoms with Gasteiger partial charge < -0.3 is 10.6 Å². The standard InChI is InChI=1S/C13H18ClN3O2/c1-13(2,3)17-10(18)6-8-16-12(19)9-5-4-7-15-11(9)14/h4-5,7H,6,8H2,1-3H3,(H,16,19)(H,17,18). The molecule has 0 atom stereocenters. The van der Waals surface area contributed by atoms with E-state index in [1.807, 2.05) is 20.8 Å². The normalized spacial score (nSPS) is 10.9. The molecule has 5 nitrogen and oxygen atoms in total. The van der Waals surface area contributed by atoms with Gasteiger partial charge in [0.25, 0.3) is 5.91 Å². The zero-order chi connectivity index (χ0) is 14.5. The summed E-state index contributed by atoms with van der Waals surface area (Å²) in [5.41, 5.74) is 0.0358. The van der Waals surface area contributed by atoms with Gasteiger partial charge in [-0.05, 0) is 32.9 Å². The highest BCUT2D eigenvalue weighted by molar-refractivity contribution is 6.32. The lowest BCUT2D eigenvalue weighted by Gasteiger charge is -2.20. The molecule has 0 aliphatic rings. The predicted octanol–water partition coefficient (Wildman–Crippen LogP) is 1.77. The van der Waals surface area contributed by atoms with Gasteiger partial charge in [-0.3, -0.25) is 9.59 Å². The van der Waals surface area contributed by atoms with Gasteiger partial charge in [0.05, 0.1) is 5.56 Å². The molecular formula is C13H18ClN3O2. The van der Waals surface area contributed by atoms with Gasteiger partial charge in [-0.25, -0.2) is 4.98 Å². The Morgan fingerprint density at radius 2 is 2.05 bits per heavy atom. The smallest absolute Gasteiger partial charge is 0.254 e. The molecule has 0 unspecified atom stereocenters. The summed E-state index contributed by atoms with van der Waals surface area (Å²) in [6.45, 7) is 5.96. The number of carbonyl (C=O) groups excluding carboxylic acids is 2. The van der Waals surface area contributed by atoms with Gasteiger partial charge in [0.1, 0.15) is 5.15 Å². The van der Waals surface area contributed by atoms with Crippen molar-refractivity contribution < 1.29 is 9.59 Å². The van der Waals surface area contributed by atoms with E-state index in [4.69, 9.17) is 11.6 Å². The first kappa shape index (κ1) is 15.4. The van der Waals surface area contributed by atoms with E-state index in [2.05, 4.69) is 15.6 Å². The van der Waals surface area contributed by atoms with Crippen molar-refractivity contribution in [2.45, 2.75) is 32.7 Å². The molecule has 0 aromatic carbocycles. The maximum atomic E-state index is 11.8. The monoisotopic (exact) mass is 283 g/mol. The van der Waals surface area contributed by atoms with Crippen molar-refractivity contribution >= 4 is 23.4 Å². The number of hydrogen-bond donors (Lipinski definition) is 2. The molecular weight excluding hydrogens is 266 g/mol. The molecule has 0 fully saturated rings. The molecule has 6 heteroatoms. The van der Waals surface area contributed by atoms with E-state index in [9.17, 15) is 9.59 Å². The lowest BCUT2D eigenvalue weighted by atomic mass is 10.1. The molecule has 0 aliphatic heterocycles. The van der Waals surface area contributed by atoms with Crippen LogP contribution < -0.4 is 10.6 Å². The molecule has 2 amide bonds. The topological polar surface area (TPSA) is 71.1 Å². The summed E-state index contributed by atoms with van der Waals surface area (Å²) >= 11 is 5.80. The summed E-state index contributed by atoms with van der Waals surface area (Å²) in [5, 5.41) is 5.60. The van der Waals surface area contributed by atoms with Crippen molar-refractivity contribution in [3.8, 4) is 0 Å². The van der Waals surface area contributed by atoms with Crippen LogP contribution in [-0.2, 0) is 4.79 Å². The zero-order valence-electron chi connectivity index (χ0n) is 11.3. The minimum atomic E-state index is -0.332. The van der Waals surface area contributed by atoms with Crippen molar-refractivity contribution in [3.63, 3.8) is 0 Å². The Balaban J connectivity index is 2.40. The van der Waals surface area contributed by atoms with Crippen molar-refractivity contribution in [2.24, 2.45) is 0 Å². The molecule has 0 saturated carbocycles. The van der Waals surface area contributed by atoms with Crippen LogP contribution in [0.25, 0.3) is 0 Å². The molecule has 0 saturated heterocycles. The number of aromatic nitrogens is 1. The Bertz CT molecular complexity index is 469. The number of amides is 2. The lowest BCUT2D eigenvalue weighted by Crippen LogP contribution is -2.42. The number of carbonyl (C=O) groups is 2. The van der Waals surface area contributed by atoms with Crippen molar-refractivity contribution in [1.82, 2.24) is 15.6 Å². The third-order valence-electron chi connectivity index (χ3n) is 2.16. The summed E-state index contributed by atoms with van der Waals surface area (Å²) in [7, 11) is 0. The maximum absolute atomic E-state index is 11.8. The summed E-state index contributed by atoms with van der Waals surface area (Å²) < 4.78 is 0. The number of nitrogens with zero attached hydrogens (tertiary/aromatic N) is 1. The number of rotatable bonds is 4. The van der Waals surface area contributed by atoms with E-state index in [-0.39, 0.29) is 35.5 Å². The predicted molar refractivity (Wildman–Crippen MR) is 74.1 cm³/mol. The first-order valence-corrected chi connectivity index (χ1v) is 6.37. The summed E-state index contributed by atoms with van der Waals surface area (Å²) in [4.78, 5) is 27.1. The Morgan fingerprint density at radius 1 is 1.37 bits per heavy atom. The van der Waals surface area contributed by atoms with Crippen LogP contribution in [0.5, 0.6) is 0 Å². The number of hydrogen-bond acceptors (Lipinski definition) is 3. The van der Waals surface area contributed by atoms with Crippen LogP contribution in [0.1, 0.15) is 37.6 Å². The molecule has 1 rings (SSSR count). The second-order valence-electron chi connectivity index (χ2n) is 5.15. The molecule has 19 heavy (non-hydrogen) atoms. The fourth-order valence-electron chi connectivity index (χ4n) is 1.42. The second-order valence-corrected chi connectivity index (χ2v) is 5.50. The van der Waals surface area contributed by atoms with Gasteiger partial charge in [-0.15, -0.1) is 0 Å². The number of pyridine rings is 1. The van der Waals surface area contributed by atoms with E-state index >= 15 is 0 Å². The van der Waals surface area contributed by atoms with E-state index in [0.717, 1.165) is 0 Å². The first-order valence-electron chi connectivity index (χ1n) is 5.99. The molecule has 2 N–H and O–H groups in total. The van der Waals surface area contributed by atoms with E-state index in [1.54, 1.807) is 12.1 Å². The third kappa shape index (κ3) is 5.70. The molecule has 0 radical (unpaired) electrons. The minimum Gasteiger partial charge on any atom is -0.351 e. The second kappa shape index (κ2) is 6.52. The average Bonchev–Trinajstić information content (AvgIpc) is 2.26. The summed E-state index contributed by atoms with van der Waals surface area (Å²) in [6, 6.07) is 3.22. The van der Waals surface area contributed by atoms with E-state index in [0.29, 0.717) is 5.56 Å². The van der Waals surface area contributed by atoms with E-state index in [1.165, 1.54) is 6.20 Å². The SMILES string of the molecule is CC(C)(C)NC(=O)CCNC(=O)c1cccnc1Cl. The van der Waals surface area contributed by atoms with Gasteiger partial charge in [-0.2, -0.15) is 0 Å². The number of nitrogens with one attached hydrogen (secondary N) is 2.